The minimum Gasteiger partial charge on any atom is -0.486 e. The second kappa shape index (κ2) is 8.62. The Labute approximate surface area is 194 Å². The van der Waals surface area contributed by atoms with E-state index in [-0.39, 0.29) is 10.9 Å². The SMILES string of the molecule is CCn1c(CN2CCCC2c2ccc3c(c2)OCCO3)nc2cc(S(=O)(=O)N(C)C)ccc21. The van der Waals surface area contributed by atoms with E-state index in [0.717, 1.165) is 48.8 Å². The highest BCUT2D eigenvalue weighted by Crippen LogP contribution is 2.38. The molecule has 5 rings (SSSR count). The number of hydrogen-bond acceptors (Lipinski definition) is 6. The van der Waals surface area contributed by atoms with E-state index < -0.39 is 10.0 Å². The second-order valence-electron chi connectivity index (χ2n) is 8.74. The maximum Gasteiger partial charge on any atom is 0.242 e. The standard InChI is InChI=1S/C24H30N4O4S/c1-4-28-21-9-8-18(33(29,30)26(2)3)15-19(21)25-24(28)16-27-11-5-6-20(27)17-7-10-22-23(14-17)32-13-12-31-22/h7-10,14-15,20H,4-6,11-13,16H2,1-3H3. The summed E-state index contributed by atoms with van der Waals surface area (Å²) in [4.78, 5) is 7.59. The molecule has 1 fully saturated rings. The molecular weight excluding hydrogens is 440 g/mol. The molecule has 2 aliphatic rings. The van der Waals surface area contributed by atoms with Crippen LogP contribution in [0, 0.1) is 0 Å². The Morgan fingerprint density at radius 1 is 1.09 bits per heavy atom. The molecule has 0 aliphatic carbocycles. The third-order valence-corrected chi connectivity index (χ3v) is 8.36. The Kier molecular flexibility index (Phi) is 5.80. The smallest absolute Gasteiger partial charge is 0.242 e. The number of hydrogen-bond donors (Lipinski definition) is 0. The van der Waals surface area contributed by atoms with Crippen LogP contribution >= 0.6 is 0 Å². The monoisotopic (exact) mass is 470 g/mol. The van der Waals surface area contributed by atoms with Crippen LogP contribution in [0.25, 0.3) is 11.0 Å². The van der Waals surface area contributed by atoms with E-state index in [4.69, 9.17) is 14.5 Å². The number of rotatable bonds is 6. The molecular formula is C24H30N4O4S. The summed E-state index contributed by atoms with van der Waals surface area (Å²) in [7, 11) is -0.417. The van der Waals surface area contributed by atoms with Crippen LogP contribution in [-0.4, -0.2) is 61.0 Å². The maximum atomic E-state index is 12.6. The minimum atomic E-state index is -3.50. The third-order valence-electron chi connectivity index (χ3n) is 6.55. The number of sulfonamides is 1. The number of benzene rings is 2. The Balaban J connectivity index is 1.45. The van der Waals surface area contributed by atoms with Crippen molar-refractivity contribution >= 4 is 21.1 Å². The summed E-state index contributed by atoms with van der Waals surface area (Å²) >= 11 is 0. The molecule has 0 spiro atoms. The molecule has 1 unspecified atom stereocenters. The zero-order valence-corrected chi connectivity index (χ0v) is 20.1. The average molecular weight is 471 g/mol. The fourth-order valence-electron chi connectivity index (χ4n) is 4.85. The highest BCUT2D eigenvalue weighted by molar-refractivity contribution is 7.89. The highest BCUT2D eigenvalue weighted by Gasteiger charge is 2.29. The van der Waals surface area contributed by atoms with Crippen molar-refractivity contribution in [1.82, 2.24) is 18.8 Å². The number of imidazole rings is 1. The van der Waals surface area contributed by atoms with E-state index in [9.17, 15) is 8.42 Å². The zero-order chi connectivity index (χ0) is 23.2. The van der Waals surface area contributed by atoms with Gasteiger partial charge >= 0.3 is 0 Å². The Bertz CT molecular complexity index is 1290. The van der Waals surface area contributed by atoms with Crippen LogP contribution in [0.3, 0.4) is 0 Å². The molecule has 9 heteroatoms. The lowest BCUT2D eigenvalue weighted by atomic mass is 10.0. The number of ether oxygens (including phenoxy) is 2. The molecule has 0 N–H and O–H groups in total. The van der Waals surface area contributed by atoms with Gasteiger partial charge in [0.1, 0.15) is 19.0 Å². The van der Waals surface area contributed by atoms with E-state index in [0.29, 0.717) is 25.3 Å². The Morgan fingerprint density at radius 3 is 2.64 bits per heavy atom. The van der Waals surface area contributed by atoms with Gasteiger partial charge < -0.3 is 14.0 Å². The topological polar surface area (TPSA) is 76.9 Å². The first-order valence-corrected chi connectivity index (χ1v) is 12.9. The second-order valence-corrected chi connectivity index (χ2v) is 10.9. The fraction of sp³-hybridized carbons (Fsp3) is 0.458. The van der Waals surface area contributed by atoms with Gasteiger partial charge in [0.25, 0.3) is 0 Å². The van der Waals surface area contributed by atoms with Crippen LogP contribution < -0.4 is 9.47 Å². The van der Waals surface area contributed by atoms with Gasteiger partial charge in [0.05, 0.1) is 22.5 Å². The molecule has 2 aromatic carbocycles. The van der Waals surface area contributed by atoms with E-state index in [1.54, 1.807) is 26.2 Å². The maximum absolute atomic E-state index is 12.6. The summed E-state index contributed by atoms with van der Waals surface area (Å²) in [5.74, 6) is 2.59. The van der Waals surface area contributed by atoms with Crippen LogP contribution in [0.5, 0.6) is 11.5 Å². The third kappa shape index (κ3) is 3.98. The van der Waals surface area contributed by atoms with Crippen molar-refractivity contribution < 1.29 is 17.9 Å². The van der Waals surface area contributed by atoms with E-state index in [2.05, 4.69) is 28.5 Å². The van der Waals surface area contributed by atoms with Gasteiger partial charge in [0, 0.05) is 26.7 Å². The molecule has 0 saturated carbocycles. The summed E-state index contributed by atoms with van der Waals surface area (Å²) in [6.07, 6.45) is 2.20. The average Bonchev–Trinajstić information content (AvgIpc) is 3.42. The predicted octanol–water partition coefficient (Wildman–Crippen LogP) is 3.41. The summed E-state index contributed by atoms with van der Waals surface area (Å²) in [5, 5.41) is 0. The normalized spacial score (nSPS) is 19.0. The van der Waals surface area contributed by atoms with Crippen molar-refractivity contribution in [2.45, 2.75) is 43.8 Å². The van der Waals surface area contributed by atoms with Gasteiger partial charge in [-0.15, -0.1) is 0 Å². The summed E-state index contributed by atoms with van der Waals surface area (Å²) in [6, 6.07) is 11.8. The predicted molar refractivity (Wildman–Crippen MR) is 126 cm³/mol. The molecule has 0 radical (unpaired) electrons. The van der Waals surface area contributed by atoms with Crippen LogP contribution in [0.2, 0.25) is 0 Å². The Hall–Kier alpha value is -2.62. The van der Waals surface area contributed by atoms with Crippen molar-refractivity contribution in [3.05, 3.63) is 47.8 Å². The summed E-state index contributed by atoms with van der Waals surface area (Å²) < 4.78 is 40.0. The van der Waals surface area contributed by atoms with Gasteiger partial charge in [-0.3, -0.25) is 4.90 Å². The molecule has 0 bridgehead atoms. The van der Waals surface area contributed by atoms with Crippen molar-refractivity contribution in [3.63, 3.8) is 0 Å². The van der Waals surface area contributed by atoms with Crippen LogP contribution in [0.15, 0.2) is 41.3 Å². The molecule has 176 valence electrons. The molecule has 3 aromatic rings. The van der Waals surface area contributed by atoms with Crippen molar-refractivity contribution in [2.75, 3.05) is 33.9 Å². The first kappa shape index (κ1) is 22.2. The number of likely N-dealkylation sites (tertiary alicyclic amines) is 1. The minimum absolute atomic E-state index is 0.266. The van der Waals surface area contributed by atoms with Gasteiger partial charge in [-0.1, -0.05) is 6.07 Å². The van der Waals surface area contributed by atoms with E-state index in [1.165, 1.54) is 9.87 Å². The van der Waals surface area contributed by atoms with Crippen LogP contribution in [0.1, 0.15) is 37.2 Å². The largest absolute Gasteiger partial charge is 0.486 e. The van der Waals surface area contributed by atoms with Crippen molar-refractivity contribution in [2.24, 2.45) is 0 Å². The van der Waals surface area contributed by atoms with Crippen LogP contribution in [-0.2, 0) is 23.1 Å². The molecule has 1 saturated heterocycles. The Morgan fingerprint density at radius 2 is 1.88 bits per heavy atom. The molecule has 33 heavy (non-hydrogen) atoms. The van der Waals surface area contributed by atoms with Gasteiger partial charge in [-0.2, -0.15) is 0 Å². The fourth-order valence-corrected chi connectivity index (χ4v) is 5.77. The van der Waals surface area contributed by atoms with Crippen molar-refractivity contribution in [1.29, 1.82) is 0 Å². The lowest BCUT2D eigenvalue weighted by Gasteiger charge is -2.26. The molecule has 3 heterocycles. The zero-order valence-electron chi connectivity index (χ0n) is 19.3. The number of aromatic nitrogens is 2. The van der Waals surface area contributed by atoms with E-state index >= 15 is 0 Å². The molecule has 1 aromatic heterocycles. The summed E-state index contributed by atoms with van der Waals surface area (Å²) in [6.45, 7) is 5.73. The lowest BCUT2D eigenvalue weighted by Crippen LogP contribution is -2.25. The molecule has 2 aliphatic heterocycles. The summed E-state index contributed by atoms with van der Waals surface area (Å²) in [5.41, 5.74) is 2.90. The van der Waals surface area contributed by atoms with Gasteiger partial charge in [-0.05, 0) is 62.2 Å². The first-order valence-electron chi connectivity index (χ1n) is 11.4. The molecule has 0 amide bonds. The van der Waals surface area contributed by atoms with E-state index in [1.807, 2.05) is 12.1 Å². The van der Waals surface area contributed by atoms with Gasteiger partial charge in [0.2, 0.25) is 10.0 Å². The number of aryl methyl sites for hydroxylation is 1. The van der Waals surface area contributed by atoms with Gasteiger partial charge in [0.15, 0.2) is 11.5 Å². The number of nitrogens with zero attached hydrogens (tertiary/aromatic N) is 4. The quantitative estimate of drug-likeness (QED) is 0.550. The van der Waals surface area contributed by atoms with Crippen molar-refractivity contribution in [3.8, 4) is 11.5 Å². The number of fused-ring (bicyclic) bond motifs is 2. The first-order chi connectivity index (χ1) is 15.9. The highest BCUT2D eigenvalue weighted by atomic mass is 32.2. The molecule has 8 nitrogen and oxygen atoms in total. The van der Waals surface area contributed by atoms with Crippen LogP contribution in [0.4, 0.5) is 0 Å². The molecule has 1 atom stereocenters. The van der Waals surface area contributed by atoms with Gasteiger partial charge in [-0.25, -0.2) is 17.7 Å². The lowest BCUT2D eigenvalue weighted by molar-refractivity contribution is 0.170.